The average molecular weight is 469 g/mol. The summed E-state index contributed by atoms with van der Waals surface area (Å²) in [5, 5.41) is 54.1. The van der Waals surface area contributed by atoms with E-state index in [1.165, 1.54) is 13.8 Å². The van der Waals surface area contributed by atoms with E-state index in [1.54, 1.807) is 13.8 Å². The molecule has 0 radical (unpaired) electrons. The SMILES string of the molecule is CC(CO)(CO)C(=O)O.CCC(C)(CO)C(=O)NCCCCN.CCC(C)(CO)C(=O)O. The molecule has 0 fully saturated rings. The molecule has 0 heterocycles. The van der Waals surface area contributed by atoms with Crippen LogP contribution in [0.15, 0.2) is 0 Å². The molecule has 32 heavy (non-hydrogen) atoms. The van der Waals surface area contributed by atoms with Crippen LogP contribution in [-0.2, 0) is 14.4 Å². The third-order valence-corrected chi connectivity index (χ3v) is 5.45. The zero-order valence-electron chi connectivity index (χ0n) is 20.1. The second-order valence-electron chi connectivity index (χ2n) is 8.38. The topological polar surface area (TPSA) is 211 Å². The van der Waals surface area contributed by atoms with Crippen molar-refractivity contribution in [1.29, 1.82) is 0 Å². The summed E-state index contributed by atoms with van der Waals surface area (Å²) in [5.41, 5.74) is 2.36. The monoisotopic (exact) mass is 468 g/mol. The maximum absolute atomic E-state index is 11.6. The number of carbonyl (C=O) groups is 3. The minimum absolute atomic E-state index is 0.0699. The van der Waals surface area contributed by atoms with Crippen molar-refractivity contribution in [1.82, 2.24) is 5.32 Å². The van der Waals surface area contributed by atoms with Crippen LogP contribution in [0.25, 0.3) is 0 Å². The van der Waals surface area contributed by atoms with E-state index in [9.17, 15) is 14.4 Å². The maximum Gasteiger partial charge on any atom is 0.314 e. The van der Waals surface area contributed by atoms with Gasteiger partial charge in [-0.3, -0.25) is 14.4 Å². The highest BCUT2D eigenvalue weighted by atomic mass is 16.4. The lowest BCUT2D eigenvalue weighted by Gasteiger charge is -2.24. The van der Waals surface area contributed by atoms with E-state index >= 15 is 0 Å². The van der Waals surface area contributed by atoms with Crippen molar-refractivity contribution in [3.63, 3.8) is 0 Å². The molecule has 0 aromatic rings. The summed E-state index contributed by atoms with van der Waals surface area (Å²) in [6.07, 6.45) is 2.92. The number of aliphatic hydroxyl groups is 4. The second kappa shape index (κ2) is 17.7. The van der Waals surface area contributed by atoms with Crippen molar-refractivity contribution < 1.29 is 45.0 Å². The molecule has 0 saturated carbocycles. The summed E-state index contributed by atoms with van der Waals surface area (Å²) in [6, 6.07) is 0. The molecule has 0 aromatic heterocycles. The molecular weight excluding hydrogens is 424 g/mol. The Bertz CT molecular complexity index is 501. The molecule has 0 spiro atoms. The molecule has 0 aliphatic carbocycles. The van der Waals surface area contributed by atoms with E-state index in [0.717, 1.165) is 12.8 Å². The van der Waals surface area contributed by atoms with Crippen LogP contribution in [0.1, 0.15) is 60.3 Å². The van der Waals surface area contributed by atoms with Gasteiger partial charge in [0.15, 0.2) is 0 Å². The first-order chi connectivity index (χ1) is 14.7. The third-order valence-electron chi connectivity index (χ3n) is 5.45. The Morgan fingerprint density at radius 1 is 0.719 bits per heavy atom. The number of carboxylic acid groups (broad SMARTS) is 2. The molecule has 2 unspecified atom stereocenters. The van der Waals surface area contributed by atoms with E-state index in [1.807, 2.05) is 6.92 Å². The van der Waals surface area contributed by atoms with E-state index in [-0.39, 0.29) is 19.1 Å². The number of rotatable bonds is 13. The molecule has 0 rings (SSSR count). The highest BCUT2D eigenvalue weighted by Gasteiger charge is 2.31. The number of nitrogens with one attached hydrogen (secondary N) is 1. The molecule has 0 aliphatic rings. The van der Waals surface area contributed by atoms with Gasteiger partial charge >= 0.3 is 11.9 Å². The number of nitrogens with two attached hydrogens (primary N) is 1. The molecule has 0 saturated heterocycles. The Kier molecular flexibility index (Phi) is 19.3. The van der Waals surface area contributed by atoms with Crippen molar-refractivity contribution >= 4 is 17.8 Å². The van der Waals surface area contributed by atoms with Gasteiger partial charge in [-0.1, -0.05) is 13.8 Å². The average Bonchev–Trinajstić information content (AvgIpc) is 2.80. The van der Waals surface area contributed by atoms with Gasteiger partial charge in [0, 0.05) is 6.54 Å². The minimum atomic E-state index is -1.39. The molecule has 9 N–H and O–H groups in total. The largest absolute Gasteiger partial charge is 0.481 e. The van der Waals surface area contributed by atoms with Crippen molar-refractivity contribution in [2.75, 3.05) is 39.5 Å². The van der Waals surface area contributed by atoms with Crippen LogP contribution >= 0.6 is 0 Å². The number of carbonyl (C=O) groups excluding carboxylic acids is 1. The van der Waals surface area contributed by atoms with Crippen LogP contribution in [0.2, 0.25) is 0 Å². The summed E-state index contributed by atoms with van der Waals surface area (Å²) in [7, 11) is 0. The number of amides is 1. The predicted molar refractivity (Wildman–Crippen MR) is 120 cm³/mol. The summed E-state index contributed by atoms with van der Waals surface area (Å²) >= 11 is 0. The predicted octanol–water partition coefficient (Wildman–Crippen LogP) is -0.208. The Morgan fingerprint density at radius 3 is 1.28 bits per heavy atom. The number of aliphatic carboxylic acids is 2. The highest BCUT2D eigenvalue weighted by molar-refractivity contribution is 5.82. The zero-order chi connectivity index (χ0) is 26.0. The lowest BCUT2D eigenvalue weighted by molar-refractivity contribution is -0.153. The van der Waals surface area contributed by atoms with Crippen molar-refractivity contribution in [3.05, 3.63) is 0 Å². The van der Waals surface area contributed by atoms with Gasteiger partial charge in [0.05, 0.1) is 37.3 Å². The highest BCUT2D eigenvalue weighted by Crippen LogP contribution is 2.20. The van der Waals surface area contributed by atoms with Gasteiger partial charge in [-0.25, -0.2) is 0 Å². The van der Waals surface area contributed by atoms with Crippen LogP contribution in [0.4, 0.5) is 0 Å². The number of aliphatic hydroxyl groups excluding tert-OH is 4. The first-order valence-corrected chi connectivity index (χ1v) is 10.6. The first-order valence-electron chi connectivity index (χ1n) is 10.6. The van der Waals surface area contributed by atoms with Gasteiger partial charge in [-0.15, -0.1) is 0 Å². The van der Waals surface area contributed by atoms with Gasteiger partial charge < -0.3 is 41.7 Å². The summed E-state index contributed by atoms with van der Waals surface area (Å²) in [5.74, 6) is -2.19. The van der Waals surface area contributed by atoms with E-state index in [4.69, 9.17) is 36.4 Å². The Labute approximate surface area is 190 Å². The fraction of sp³-hybridized carbons (Fsp3) is 0.857. The standard InChI is InChI=1S/C10H22N2O2.C6H12O3.C5H10O4/c1-3-10(2,8-13)9(14)12-7-5-4-6-11;1-3-6(2,4-7)5(8)9;1-5(2-6,3-7)4(8)9/h13H,3-8,11H2,1-2H3,(H,12,14);7H,3-4H2,1-2H3,(H,8,9);6-7H,2-3H2,1H3,(H,8,9). The van der Waals surface area contributed by atoms with Gasteiger partial charge in [-0.05, 0) is 53.0 Å². The van der Waals surface area contributed by atoms with E-state index in [0.29, 0.717) is 25.9 Å². The Hall–Kier alpha value is -1.79. The quantitative estimate of drug-likeness (QED) is 0.167. The summed E-state index contributed by atoms with van der Waals surface area (Å²) in [4.78, 5) is 32.1. The Balaban J connectivity index is -0.000000411. The molecule has 2 atom stereocenters. The third kappa shape index (κ3) is 12.9. The molecule has 192 valence electrons. The lowest BCUT2D eigenvalue weighted by Crippen LogP contribution is -2.41. The van der Waals surface area contributed by atoms with Crippen LogP contribution in [0, 0.1) is 16.2 Å². The van der Waals surface area contributed by atoms with Crippen LogP contribution in [0.3, 0.4) is 0 Å². The molecule has 0 aliphatic heterocycles. The normalized spacial score (nSPS) is 14.4. The van der Waals surface area contributed by atoms with Crippen molar-refractivity contribution in [2.24, 2.45) is 22.0 Å². The lowest BCUT2D eigenvalue weighted by atomic mass is 9.87. The molecule has 0 aromatic carbocycles. The molecule has 11 heteroatoms. The fourth-order valence-electron chi connectivity index (χ4n) is 1.54. The fourth-order valence-corrected chi connectivity index (χ4v) is 1.54. The summed E-state index contributed by atoms with van der Waals surface area (Å²) in [6.45, 7) is 8.02. The first kappa shape index (κ1) is 34.8. The van der Waals surface area contributed by atoms with Crippen LogP contribution in [0.5, 0.6) is 0 Å². The van der Waals surface area contributed by atoms with E-state index in [2.05, 4.69) is 5.32 Å². The van der Waals surface area contributed by atoms with Crippen molar-refractivity contribution in [2.45, 2.75) is 60.3 Å². The molecule has 1 amide bonds. The van der Waals surface area contributed by atoms with Gasteiger partial charge in [0.1, 0.15) is 5.41 Å². The van der Waals surface area contributed by atoms with E-state index < -0.39 is 41.4 Å². The van der Waals surface area contributed by atoms with Crippen molar-refractivity contribution in [3.8, 4) is 0 Å². The Morgan fingerprint density at radius 2 is 1.09 bits per heavy atom. The van der Waals surface area contributed by atoms with Crippen LogP contribution < -0.4 is 11.1 Å². The maximum atomic E-state index is 11.6. The summed E-state index contributed by atoms with van der Waals surface area (Å²) < 4.78 is 0. The van der Waals surface area contributed by atoms with Crippen LogP contribution in [-0.4, -0.2) is 88.0 Å². The number of hydrogen-bond acceptors (Lipinski definition) is 8. The number of carboxylic acids is 2. The van der Waals surface area contributed by atoms with Gasteiger partial charge in [0.25, 0.3) is 0 Å². The number of hydrogen-bond donors (Lipinski definition) is 8. The second-order valence-corrected chi connectivity index (χ2v) is 8.38. The smallest absolute Gasteiger partial charge is 0.314 e. The minimum Gasteiger partial charge on any atom is -0.481 e. The molecule has 11 nitrogen and oxygen atoms in total. The van der Waals surface area contributed by atoms with Gasteiger partial charge in [-0.2, -0.15) is 0 Å². The molecular formula is C21H44N2O9. The number of unbranched alkanes of at least 4 members (excludes halogenated alkanes) is 1. The van der Waals surface area contributed by atoms with Gasteiger partial charge in [0.2, 0.25) is 5.91 Å². The zero-order valence-corrected chi connectivity index (χ0v) is 20.1. The molecule has 0 bridgehead atoms.